The summed E-state index contributed by atoms with van der Waals surface area (Å²) < 4.78 is 67.8. The zero-order valence-corrected chi connectivity index (χ0v) is 18.0. The summed E-state index contributed by atoms with van der Waals surface area (Å²) in [6.07, 6.45) is -4.56. The molecule has 0 saturated carbocycles. The molecule has 2 aromatic carbocycles. The summed E-state index contributed by atoms with van der Waals surface area (Å²) in [6, 6.07) is 14.1. The van der Waals surface area contributed by atoms with Crippen LogP contribution in [0.25, 0.3) is 10.9 Å². The van der Waals surface area contributed by atoms with Gasteiger partial charge in [-0.15, -0.1) is 0 Å². The summed E-state index contributed by atoms with van der Waals surface area (Å²) >= 11 is 3.28. The van der Waals surface area contributed by atoms with Gasteiger partial charge in [-0.2, -0.15) is 17.5 Å². The van der Waals surface area contributed by atoms with Crippen molar-refractivity contribution >= 4 is 42.5 Å². The molecule has 158 valence electrons. The minimum atomic E-state index is -4.56. The molecule has 2 heterocycles. The number of fused-ring (bicyclic) bond motifs is 1. The number of halogens is 4. The maximum atomic E-state index is 13.3. The molecule has 1 aromatic heterocycles. The van der Waals surface area contributed by atoms with Crippen LogP contribution in [0.2, 0.25) is 0 Å². The molecule has 5 nitrogen and oxygen atoms in total. The van der Waals surface area contributed by atoms with Crippen molar-refractivity contribution in [3.05, 3.63) is 64.8 Å². The second-order valence-electron chi connectivity index (χ2n) is 6.89. The second kappa shape index (κ2) is 7.82. The van der Waals surface area contributed by atoms with Gasteiger partial charge < -0.3 is 4.90 Å². The summed E-state index contributed by atoms with van der Waals surface area (Å²) in [6.45, 7) is 0.900. The molecule has 0 radical (unpaired) electrons. The first-order chi connectivity index (χ1) is 14.2. The Labute approximate surface area is 180 Å². The highest BCUT2D eigenvalue weighted by Gasteiger charge is 2.35. The van der Waals surface area contributed by atoms with Gasteiger partial charge in [-0.1, -0.05) is 40.2 Å². The van der Waals surface area contributed by atoms with E-state index in [-0.39, 0.29) is 36.6 Å². The van der Waals surface area contributed by atoms with Crippen LogP contribution in [0.5, 0.6) is 0 Å². The van der Waals surface area contributed by atoms with Crippen LogP contribution in [-0.4, -0.2) is 43.9 Å². The lowest BCUT2D eigenvalue weighted by molar-refractivity contribution is -0.140. The second-order valence-corrected chi connectivity index (χ2v) is 9.74. The van der Waals surface area contributed by atoms with E-state index in [9.17, 15) is 21.6 Å². The van der Waals surface area contributed by atoms with Gasteiger partial charge in [0.2, 0.25) is 10.0 Å². The van der Waals surface area contributed by atoms with Crippen molar-refractivity contribution < 1.29 is 21.6 Å². The third kappa shape index (κ3) is 4.03. The molecule has 0 N–H and O–H groups in total. The van der Waals surface area contributed by atoms with Gasteiger partial charge in [-0.25, -0.2) is 13.4 Å². The van der Waals surface area contributed by atoms with Gasteiger partial charge in [0.05, 0.1) is 10.4 Å². The minimum Gasteiger partial charge on any atom is -0.368 e. The molecular weight excluding hydrogens is 483 g/mol. The molecule has 10 heteroatoms. The number of para-hydroxylation sites is 1. The maximum Gasteiger partial charge on any atom is 0.433 e. The Kier molecular flexibility index (Phi) is 5.50. The number of hydrogen-bond donors (Lipinski definition) is 0. The van der Waals surface area contributed by atoms with Crippen molar-refractivity contribution in [2.24, 2.45) is 0 Å². The van der Waals surface area contributed by atoms with Gasteiger partial charge in [0.25, 0.3) is 0 Å². The van der Waals surface area contributed by atoms with Crippen molar-refractivity contribution in [1.82, 2.24) is 9.29 Å². The Bertz CT molecular complexity index is 1190. The van der Waals surface area contributed by atoms with Crippen molar-refractivity contribution in [3.8, 4) is 0 Å². The third-order valence-electron chi connectivity index (χ3n) is 5.00. The lowest BCUT2D eigenvalue weighted by atomic mass is 10.1. The Morgan fingerprint density at radius 1 is 0.933 bits per heavy atom. The van der Waals surface area contributed by atoms with Crippen molar-refractivity contribution in [3.63, 3.8) is 0 Å². The quantitative estimate of drug-likeness (QED) is 0.531. The van der Waals surface area contributed by atoms with Crippen LogP contribution in [0.4, 0.5) is 18.9 Å². The smallest absolute Gasteiger partial charge is 0.368 e. The van der Waals surface area contributed by atoms with Crippen LogP contribution in [-0.2, 0) is 16.2 Å². The predicted molar refractivity (Wildman–Crippen MR) is 112 cm³/mol. The van der Waals surface area contributed by atoms with Gasteiger partial charge >= 0.3 is 6.18 Å². The Morgan fingerprint density at radius 2 is 1.63 bits per heavy atom. The highest BCUT2D eigenvalue weighted by Crippen LogP contribution is 2.35. The van der Waals surface area contributed by atoms with E-state index in [2.05, 4.69) is 20.9 Å². The van der Waals surface area contributed by atoms with Gasteiger partial charge in [0.1, 0.15) is 5.69 Å². The van der Waals surface area contributed by atoms with E-state index >= 15 is 0 Å². The molecule has 1 saturated heterocycles. The van der Waals surface area contributed by atoms with Crippen LogP contribution >= 0.6 is 15.9 Å². The zero-order chi connectivity index (χ0) is 21.5. The van der Waals surface area contributed by atoms with Crippen LogP contribution in [0.15, 0.2) is 64.0 Å². The highest BCUT2D eigenvalue weighted by molar-refractivity contribution is 9.10. The number of benzene rings is 2. The van der Waals surface area contributed by atoms with Crippen LogP contribution in [0.1, 0.15) is 5.69 Å². The monoisotopic (exact) mass is 499 g/mol. The minimum absolute atomic E-state index is 0.173. The topological polar surface area (TPSA) is 53.5 Å². The fourth-order valence-electron chi connectivity index (χ4n) is 3.51. The van der Waals surface area contributed by atoms with Gasteiger partial charge in [0, 0.05) is 41.7 Å². The third-order valence-corrected chi connectivity index (χ3v) is 7.39. The first-order valence-electron chi connectivity index (χ1n) is 9.14. The summed E-state index contributed by atoms with van der Waals surface area (Å²) in [7, 11) is -3.68. The number of pyridine rings is 1. The van der Waals surface area contributed by atoms with Crippen molar-refractivity contribution in [1.29, 1.82) is 0 Å². The Morgan fingerprint density at radius 3 is 2.30 bits per heavy atom. The number of anilines is 1. The number of sulfonamides is 1. The van der Waals surface area contributed by atoms with E-state index < -0.39 is 21.9 Å². The normalized spacial score (nSPS) is 16.2. The average molecular weight is 500 g/mol. The number of aromatic nitrogens is 1. The van der Waals surface area contributed by atoms with E-state index in [4.69, 9.17) is 0 Å². The molecule has 3 aromatic rings. The lowest BCUT2D eigenvalue weighted by Crippen LogP contribution is -2.48. The Hall–Kier alpha value is -2.17. The maximum absolute atomic E-state index is 13.3. The summed E-state index contributed by atoms with van der Waals surface area (Å²) in [5, 5.41) is 0.605. The zero-order valence-electron chi connectivity index (χ0n) is 15.6. The Balaban J connectivity index is 1.62. The molecule has 0 unspecified atom stereocenters. The predicted octanol–water partition coefficient (Wildman–Crippen LogP) is 4.53. The molecule has 0 aliphatic carbocycles. The number of piperazine rings is 1. The first-order valence-corrected chi connectivity index (χ1v) is 11.4. The molecule has 0 bridgehead atoms. The van der Waals surface area contributed by atoms with Gasteiger partial charge in [-0.05, 0) is 30.3 Å². The lowest BCUT2D eigenvalue weighted by Gasteiger charge is -2.36. The van der Waals surface area contributed by atoms with Gasteiger partial charge in [-0.3, -0.25) is 0 Å². The van der Waals surface area contributed by atoms with Crippen LogP contribution in [0.3, 0.4) is 0 Å². The molecule has 0 amide bonds. The summed E-state index contributed by atoms with van der Waals surface area (Å²) in [4.78, 5) is 5.71. The highest BCUT2D eigenvalue weighted by atomic mass is 79.9. The average Bonchev–Trinajstić information content (AvgIpc) is 2.72. The molecule has 1 aliphatic heterocycles. The van der Waals surface area contributed by atoms with Gasteiger partial charge in [0.15, 0.2) is 0 Å². The molecule has 0 atom stereocenters. The fraction of sp³-hybridized carbons (Fsp3) is 0.250. The summed E-state index contributed by atoms with van der Waals surface area (Å²) in [5.74, 6) is 0. The molecule has 30 heavy (non-hydrogen) atoms. The van der Waals surface area contributed by atoms with Crippen LogP contribution in [0, 0.1) is 0 Å². The standard InChI is InChI=1S/C20H17BrF3N3O2S/c21-14-4-3-5-15(12-14)30(28,29)27-10-8-26(9-11-27)18-13-19(20(22,23)24)25-17-7-2-1-6-16(17)18/h1-7,12-13H,8-11H2. The molecule has 4 rings (SSSR count). The van der Waals surface area contributed by atoms with E-state index in [0.717, 1.165) is 6.07 Å². The number of rotatable bonds is 3. The molecule has 1 aliphatic rings. The summed E-state index contributed by atoms with van der Waals surface area (Å²) in [5.41, 5.74) is -0.292. The van der Waals surface area contributed by atoms with Crippen molar-refractivity contribution in [2.45, 2.75) is 11.1 Å². The van der Waals surface area contributed by atoms with E-state index in [1.165, 1.54) is 16.4 Å². The number of hydrogen-bond acceptors (Lipinski definition) is 4. The molecule has 0 spiro atoms. The first kappa shape index (κ1) is 21.1. The molecular formula is C20H17BrF3N3O2S. The number of alkyl halides is 3. The number of nitrogens with zero attached hydrogens (tertiary/aromatic N) is 3. The molecule has 1 fully saturated rings. The van der Waals surface area contributed by atoms with Crippen molar-refractivity contribution in [2.75, 3.05) is 31.1 Å². The van der Waals surface area contributed by atoms with E-state index in [1.54, 1.807) is 41.3 Å². The van der Waals surface area contributed by atoms with E-state index in [1.807, 2.05) is 0 Å². The largest absolute Gasteiger partial charge is 0.433 e. The van der Waals surface area contributed by atoms with E-state index in [0.29, 0.717) is 15.5 Å². The van der Waals surface area contributed by atoms with Crippen LogP contribution < -0.4 is 4.90 Å². The fourth-order valence-corrected chi connectivity index (χ4v) is 5.53. The SMILES string of the molecule is O=S(=O)(c1cccc(Br)c1)N1CCN(c2cc(C(F)(F)F)nc3ccccc23)CC1.